The lowest BCUT2D eigenvalue weighted by Gasteiger charge is -2.35. The standard InChI is InChI=1S/C14H22N2O2/c1-10(2)13-5-4-12(8-15-13)16-6-7-18-14(9-16)11(3)17/h4-5,8,10-11,14,17H,6-7,9H2,1-3H3. The van der Waals surface area contributed by atoms with Crippen LogP contribution in [-0.2, 0) is 4.74 Å². The van der Waals surface area contributed by atoms with Gasteiger partial charge in [0.25, 0.3) is 0 Å². The molecule has 0 bridgehead atoms. The summed E-state index contributed by atoms with van der Waals surface area (Å²) in [5.74, 6) is 0.453. The van der Waals surface area contributed by atoms with Crippen molar-refractivity contribution in [2.75, 3.05) is 24.6 Å². The number of aromatic nitrogens is 1. The zero-order chi connectivity index (χ0) is 13.1. The molecule has 0 aliphatic carbocycles. The summed E-state index contributed by atoms with van der Waals surface area (Å²) in [7, 11) is 0. The highest BCUT2D eigenvalue weighted by atomic mass is 16.5. The van der Waals surface area contributed by atoms with Crippen molar-refractivity contribution < 1.29 is 9.84 Å². The van der Waals surface area contributed by atoms with E-state index in [1.807, 2.05) is 6.20 Å². The van der Waals surface area contributed by atoms with Gasteiger partial charge in [-0.25, -0.2) is 0 Å². The van der Waals surface area contributed by atoms with Gasteiger partial charge in [-0.05, 0) is 25.0 Å². The zero-order valence-electron chi connectivity index (χ0n) is 11.3. The highest BCUT2D eigenvalue weighted by Gasteiger charge is 2.24. The molecular formula is C14H22N2O2. The summed E-state index contributed by atoms with van der Waals surface area (Å²) < 4.78 is 5.54. The molecule has 4 nitrogen and oxygen atoms in total. The molecule has 1 N–H and O–H groups in total. The van der Waals surface area contributed by atoms with E-state index in [9.17, 15) is 5.11 Å². The Bertz CT molecular complexity index is 376. The Hall–Kier alpha value is -1.13. The van der Waals surface area contributed by atoms with Gasteiger partial charge in [0.1, 0.15) is 6.10 Å². The van der Waals surface area contributed by atoms with Crippen molar-refractivity contribution in [1.29, 1.82) is 0 Å². The maximum atomic E-state index is 9.59. The van der Waals surface area contributed by atoms with Gasteiger partial charge in [-0.2, -0.15) is 0 Å². The summed E-state index contributed by atoms with van der Waals surface area (Å²) >= 11 is 0. The number of ether oxygens (including phenoxy) is 1. The molecule has 18 heavy (non-hydrogen) atoms. The Morgan fingerprint density at radius 2 is 2.17 bits per heavy atom. The predicted molar refractivity (Wildman–Crippen MR) is 72.0 cm³/mol. The van der Waals surface area contributed by atoms with Crippen molar-refractivity contribution in [3.63, 3.8) is 0 Å². The summed E-state index contributed by atoms with van der Waals surface area (Å²) in [6, 6.07) is 4.18. The van der Waals surface area contributed by atoms with Gasteiger partial charge in [0, 0.05) is 18.8 Å². The molecule has 0 amide bonds. The Morgan fingerprint density at radius 3 is 2.72 bits per heavy atom. The third kappa shape index (κ3) is 3.00. The number of aliphatic hydroxyl groups is 1. The molecule has 1 aromatic rings. The smallest absolute Gasteiger partial charge is 0.101 e. The molecular weight excluding hydrogens is 228 g/mol. The van der Waals surface area contributed by atoms with E-state index >= 15 is 0 Å². The van der Waals surface area contributed by atoms with Gasteiger partial charge < -0.3 is 14.7 Å². The van der Waals surface area contributed by atoms with Crippen LogP contribution in [0.15, 0.2) is 18.3 Å². The molecule has 0 radical (unpaired) electrons. The van der Waals surface area contributed by atoms with Crippen LogP contribution in [0.2, 0.25) is 0 Å². The number of hydrogen-bond acceptors (Lipinski definition) is 4. The first-order valence-electron chi connectivity index (χ1n) is 6.58. The monoisotopic (exact) mass is 250 g/mol. The number of anilines is 1. The lowest BCUT2D eigenvalue weighted by Crippen LogP contribution is -2.47. The summed E-state index contributed by atoms with van der Waals surface area (Å²) in [4.78, 5) is 6.70. The summed E-state index contributed by atoms with van der Waals surface area (Å²) in [6.45, 7) is 8.28. The minimum Gasteiger partial charge on any atom is -0.391 e. The van der Waals surface area contributed by atoms with Crippen molar-refractivity contribution in [3.05, 3.63) is 24.0 Å². The molecule has 0 aromatic carbocycles. The molecule has 0 spiro atoms. The van der Waals surface area contributed by atoms with Crippen molar-refractivity contribution in [1.82, 2.24) is 4.98 Å². The first-order valence-corrected chi connectivity index (χ1v) is 6.58. The van der Waals surface area contributed by atoms with E-state index in [0.717, 1.165) is 24.5 Å². The largest absolute Gasteiger partial charge is 0.391 e. The van der Waals surface area contributed by atoms with Gasteiger partial charge in [-0.1, -0.05) is 13.8 Å². The van der Waals surface area contributed by atoms with Gasteiger partial charge in [0.15, 0.2) is 0 Å². The van der Waals surface area contributed by atoms with Crippen LogP contribution in [0.1, 0.15) is 32.4 Å². The van der Waals surface area contributed by atoms with Gasteiger partial charge in [0.2, 0.25) is 0 Å². The van der Waals surface area contributed by atoms with Crippen LogP contribution >= 0.6 is 0 Å². The van der Waals surface area contributed by atoms with Crippen molar-refractivity contribution in [2.45, 2.75) is 38.9 Å². The van der Waals surface area contributed by atoms with Crippen LogP contribution in [0.5, 0.6) is 0 Å². The van der Waals surface area contributed by atoms with E-state index in [2.05, 4.69) is 35.9 Å². The Balaban J connectivity index is 2.06. The topological polar surface area (TPSA) is 45.6 Å². The molecule has 2 heterocycles. The van der Waals surface area contributed by atoms with Gasteiger partial charge >= 0.3 is 0 Å². The van der Waals surface area contributed by atoms with Gasteiger partial charge in [-0.3, -0.25) is 4.98 Å². The van der Waals surface area contributed by atoms with Crippen LogP contribution in [0.25, 0.3) is 0 Å². The highest BCUT2D eigenvalue weighted by Crippen LogP contribution is 2.20. The van der Waals surface area contributed by atoms with E-state index in [1.54, 1.807) is 6.92 Å². The zero-order valence-corrected chi connectivity index (χ0v) is 11.3. The van der Waals surface area contributed by atoms with Crippen molar-refractivity contribution in [2.24, 2.45) is 0 Å². The summed E-state index contributed by atoms with van der Waals surface area (Å²) in [6.07, 6.45) is 1.37. The average Bonchev–Trinajstić information content (AvgIpc) is 2.39. The van der Waals surface area contributed by atoms with Crippen LogP contribution in [0, 0.1) is 0 Å². The molecule has 1 aromatic heterocycles. The fourth-order valence-electron chi connectivity index (χ4n) is 2.13. The van der Waals surface area contributed by atoms with E-state index in [-0.39, 0.29) is 6.10 Å². The first kappa shape index (κ1) is 13.3. The average molecular weight is 250 g/mol. The molecule has 1 aliphatic heterocycles. The molecule has 1 fully saturated rings. The van der Waals surface area contributed by atoms with Crippen molar-refractivity contribution in [3.8, 4) is 0 Å². The number of aliphatic hydroxyl groups excluding tert-OH is 1. The van der Waals surface area contributed by atoms with Crippen LogP contribution in [-0.4, -0.2) is 42.0 Å². The first-order chi connectivity index (χ1) is 8.58. The third-order valence-electron chi connectivity index (χ3n) is 3.36. The van der Waals surface area contributed by atoms with E-state index in [4.69, 9.17) is 4.74 Å². The molecule has 100 valence electrons. The van der Waals surface area contributed by atoms with Crippen LogP contribution in [0.4, 0.5) is 5.69 Å². The molecule has 2 atom stereocenters. The van der Waals surface area contributed by atoms with E-state index in [1.165, 1.54) is 0 Å². The second kappa shape index (κ2) is 5.67. The maximum Gasteiger partial charge on any atom is 0.101 e. The predicted octanol–water partition coefficient (Wildman–Crippen LogP) is 1.79. The Kier molecular flexibility index (Phi) is 4.19. The summed E-state index contributed by atoms with van der Waals surface area (Å²) in [5.41, 5.74) is 2.22. The minimum atomic E-state index is -0.435. The fraction of sp³-hybridized carbons (Fsp3) is 0.643. The normalized spacial score (nSPS) is 22.3. The van der Waals surface area contributed by atoms with Crippen LogP contribution in [0.3, 0.4) is 0 Å². The molecule has 2 rings (SSSR count). The molecule has 0 saturated carbocycles. The third-order valence-corrected chi connectivity index (χ3v) is 3.36. The van der Waals surface area contributed by atoms with Crippen molar-refractivity contribution >= 4 is 5.69 Å². The summed E-state index contributed by atoms with van der Waals surface area (Å²) in [5, 5.41) is 9.59. The number of morpholine rings is 1. The van der Waals surface area contributed by atoms with Gasteiger partial charge in [-0.15, -0.1) is 0 Å². The highest BCUT2D eigenvalue weighted by molar-refractivity contribution is 5.45. The Morgan fingerprint density at radius 1 is 1.39 bits per heavy atom. The molecule has 1 aliphatic rings. The second-order valence-corrected chi connectivity index (χ2v) is 5.19. The Labute approximate surface area is 109 Å². The number of nitrogens with zero attached hydrogens (tertiary/aromatic N) is 2. The quantitative estimate of drug-likeness (QED) is 0.888. The maximum absolute atomic E-state index is 9.59. The molecule has 1 saturated heterocycles. The lowest BCUT2D eigenvalue weighted by atomic mass is 10.1. The van der Waals surface area contributed by atoms with E-state index in [0.29, 0.717) is 12.5 Å². The molecule has 4 heteroatoms. The van der Waals surface area contributed by atoms with E-state index < -0.39 is 6.10 Å². The number of pyridine rings is 1. The lowest BCUT2D eigenvalue weighted by molar-refractivity contribution is -0.0364. The van der Waals surface area contributed by atoms with Crippen LogP contribution < -0.4 is 4.90 Å². The van der Waals surface area contributed by atoms with Gasteiger partial charge in [0.05, 0.1) is 24.6 Å². The number of rotatable bonds is 3. The SMILES string of the molecule is CC(C)c1ccc(N2CCOC(C(C)O)C2)cn1. The second-order valence-electron chi connectivity index (χ2n) is 5.19. The molecule has 2 unspecified atom stereocenters. The number of hydrogen-bond donors (Lipinski definition) is 1. The minimum absolute atomic E-state index is 0.108. The fourth-order valence-corrected chi connectivity index (χ4v) is 2.13.